The summed E-state index contributed by atoms with van der Waals surface area (Å²) < 4.78 is 21.6. The van der Waals surface area contributed by atoms with E-state index in [1.54, 1.807) is 17.7 Å². The molecule has 0 bridgehead atoms. The average Bonchev–Trinajstić information content (AvgIpc) is 3.39. The number of amides is 1. The number of fused-ring (bicyclic) bond motifs is 1. The molecule has 2 aliphatic heterocycles. The Balaban J connectivity index is 1.19. The van der Waals surface area contributed by atoms with E-state index in [9.17, 15) is 14.4 Å². The number of rotatable bonds is 4. The van der Waals surface area contributed by atoms with Gasteiger partial charge in [0.15, 0.2) is 0 Å². The number of nitrogens with zero attached hydrogens (tertiary/aromatic N) is 7. The maximum Gasteiger partial charge on any atom is 0.227 e. The Morgan fingerprint density at radius 2 is 2.03 bits per heavy atom. The Hall–Kier alpha value is -3.68. The van der Waals surface area contributed by atoms with Crippen molar-refractivity contribution in [3.8, 4) is 11.8 Å². The van der Waals surface area contributed by atoms with E-state index in [4.69, 9.17) is 4.74 Å². The molecule has 10 heteroatoms. The van der Waals surface area contributed by atoms with Crippen LogP contribution in [0.3, 0.4) is 0 Å². The van der Waals surface area contributed by atoms with Crippen LogP contribution in [0, 0.1) is 24.1 Å². The summed E-state index contributed by atoms with van der Waals surface area (Å²) in [6, 6.07) is 12.7. The highest BCUT2D eigenvalue weighted by Crippen LogP contribution is 2.31. The molecule has 0 N–H and O–H groups in total. The number of carbonyl (C=O) groups is 1. The highest BCUT2D eigenvalue weighted by atomic mass is 19.1. The second-order valence-electron chi connectivity index (χ2n) is 8.66. The van der Waals surface area contributed by atoms with Gasteiger partial charge < -0.3 is 9.64 Å². The topological polar surface area (TPSA) is 100 Å². The number of ether oxygens (including phenoxy) is 1. The van der Waals surface area contributed by atoms with E-state index in [0.29, 0.717) is 38.2 Å². The predicted octanol–water partition coefficient (Wildman–Crippen LogP) is 1.81. The maximum absolute atomic E-state index is 13.9. The lowest BCUT2D eigenvalue weighted by atomic mass is 9.96. The third-order valence-electron chi connectivity index (χ3n) is 6.67. The predicted molar refractivity (Wildman–Crippen MR) is 119 cm³/mol. The number of tetrazole rings is 1. The van der Waals surface area contributed by atoms with Gasteiger partial charge in [0.1, 0.15) is 18.2 Å². The molecule has 174 valence electrons. The molecule has 1 amide bonds. The van der Waals surface area contributed by atoms with Gasteiger partial charge in [-0.2, -0.15) is 5.26 Å². The molecule has 2 aromatic carbocycles. The van der Waals surface area contributed by atoms with Crippen LogP contribution in [0.2, 0.25) is 0 Å². The van der Waals surface area contributed by atoms with Crippen molar-refractivity contribution >= 4 is 5.91 Å². The SMILES string of the molecule is Cc1c([C@@H]2CN3CCN(C(=O)Cc4ccc(-n5cnnn5)cc4)C[C@@H]3CO2)ccc(F)c1C#N. The summed E-state index contributed by atoms with van der Waals surface area (Å²) >= 11 is 0. The summed E-state index contributed by atoms with van der Waals surface area (Å²) in [5.74, 6) is -0.417. The first kappa shape index (κ1) is 22.1. The van der Waals surface area contributed by atoms with Crippen LogP contribution >= 0.6 is 0 Å². The molecular weight excluding hydrogens is 437 g/mol. The Labute approximate surface area is 196 Å². The lowest BCUT2D eigenvalue weighted by molar-refractivity contribution is -0.139. The van der Waals surface area contributed by atoms with Crippen molar-refractivity contribution in [1.82, 2.24) is 30.0 Å². The third kappa shape index (κ3) is 4.27. The number of hydrogen-bond donors (Lipinski definition) is 0. The minimum atomic E-state index is -0.505. The summed E-state index contributed by atoms with van der Waals surface area (Å²) in [5.41, 5.74) is 3.32. The smallest absolute Gasteiger partial charge is 0.227 e. The van der Waals surface area contributed by atoms with Crippen molar-refractivity contribution in [2.75, 3.05) is 32.8 Å². The number of benzene rings is 2. The van der Waals surface area contributed by atoms with Crippen LogP contribution in [0.4, 0.5) is 4.39 Å². The molecular formula is C24H24FN7O2. The summed E-state index contributed by atoms with van der Waals surface area (Å²) in [6.07, 6.45) is 1.64. The van der Waals surface area contributed by atoms with Gasteiger partial charge in [0.05, 0.1) is 36.4 Å². The molecule has 0 spiro atoms. The molecule has 2 saturated heterocycles. The van der Waals surface area contributed by atoms with Gasteiger partial charge in [-0.1, -0.05) is 18.2 Å². The summed E-state index contributed by atoms with van der Waals surface area (Å²) in [6.45, 7) is 4.91. The number of hydrogen-bond acceptors (Lipinski definition) is 7. The van der Waals surface area contributed by atoms with E-state index in [1.165, 1.54) is 12.4 Å². The number of nitriles is 1. The van der Waals surface area contributed by atoms with Gasteiger partial charge >= 0.3 is 0 Å². The number of halogens is 1. The van der Waals surface area contributed by atoms with Gasteiger partial charge in [-0.25, -0.2) is 9.07 Å². The highest BCUT2D eigenvalue weighted by molar-refractivity contribution is 5.79. The van der Waals surface area contributed by atoms with Crippen LogP contribution in [0.1, 0.15) is 28.4 Å². The van der Waals surface area contributed by atoms with E-state index in [2.05, 4.69) is 20.4 Å². The number of carbonyl (C=O) groups excluding carboxylic acids is 1. The maximum atomic E-state index is 13.9. The number of aromatic nitrogens is 4. The first-order chi connectivity index (χ1) is 16.5. The Bertz CT molecular complexity index is 1220. The molecule has 3 aromatic rings. The van der Waals surface area contributed by atoms with Crippen LogP contribution in [-0.4, -0.2) is 74.7 Å². The van der Waals surface area contributed by atoms with Crippen LogP contribution in [-0.2, 0) is 16.0 Å². The molecule has 5 rings (SSSR count). The standard InChI is InChI=1S/C24H24FN7O2/c1-16-20(6-7-22(25)21(16)11-26)23-13-30-8-9-31(12-19(30)14-34-23)24(33)10-17-2-4-18(5-3-17)32-15-27-28-29-32/h2-7,15,19,23H,8-10,12-14H2,1H3/t19-,23+/m1/s1. The fraction of sp³-hybridized carbons (Fsp3) is 0.375. The fourth-order valence-corrected chi connectivity index (χ4v) is 4.71. The summed E-state index contributed by atoms with van der Waals surface area (Å²) in [4.78, 5) is 17.2. The van der Waals surface area contributed by atoms with Gasteiger partial charge in [-0.05, 0) is 52.2 Å². The van der Waals surface area contributed by atoms with E-state index >= 15 is 0 Å². The van der Waals surface area contributed by atoms with E-state index in [-0.39, 0.29) is 23.6 Å². The molecule has 3 heterocycles. The van der Waals surface area contributed by atoms with Crippen molar-refractivity contribution < 1.29 is 13.9 Å². The van der Waals surface area contributed by atoms with E-state index < -0.39 is 5.82 Å². The Morgan fingerprint density at radius 3 is 2.76 bits per heavy atom. The molecule has 2 atom stereocenters. The van der Waals surface area contributed by atoms with Gasteiger partial charge in [0.25, 0.3) is 0 Å². The highest BCUT2D eigenvalue weighted by Gasteiger charge is 2.36. The molecule has 2 fully saturated rings. The van der Waals surface area contributed by atoms with Crippen molar-refractivity contribution in [3.63, 3.8) is 0 Å². The van der Waals surface area contributed by atoms with Gasteiger partial charge in [0, 0.05) is 26.2 Å². The van der Waals surface area contributed by atoms with Crippen LogP contribution in [0.25, 0.3) is 5.69 Å². The van der Waals surface area contributed by atoms with Gasteiger partial charge in [0.2, 0.25) is 5.91 Å². The second-order valence-corrected chi connectivity index (χ2v) is 8.66. The van der Waals surface area contributed by atoms with Crippen molar-refractivity contribution in [3.05, 3.63) is 70.8 Å². The first-order valence-electron chi connectivity index (χ1n) is 11.2. The molecule has 0 saturated carbocycles. The fourth-order valence-electron chi connectivity index (χ4n) is 4.71. The summed E-state index contributed by atoms with van der Waals surface area (Å²) in [5, 5.41) is 20.4. The third-order valence-corrected chi connectivity index (χ3v) is 6.67. The molecule has 1 aromatic heterocycles. The molecule has 0 aliphatic carbocycles. The largest absolute Gasteiger partial charge is 0.370 e. The molecule has 2 aliphatic rings. The minimum Gasteiger partial charge on any atom is -0.370 e. The summed E-state index contributed by atoms with van der Waals surface area (Å²) in [7, 11) is 0. The zero-order chi connectivity index (χ0) is 23.7. The van der Waals surface area contributed by atoms with Crippen molar-refractivity contribution in [2.24, 2.45) is 0 Å². The van der Waals surface area contributed by atoms with E-state index in [1.807, 2.05) is 35.2 Å². The lowest BCUT2D eigenvalue weighted by Crippen LogP contribution is -2.59. The van der Waals surface area contributed by atoms with Crippen LogP contribution in [0.5, 0.6) is 0 Å². The molecule has 0 unspecified atom stereocenters. The Morgan fingerprint density at radius 1 is 1.21 bits per heavy atom. The average molecular weight is 462 g/mol. The van der Waals surface area contributed by atoms with E-state index in [0.717, 1.165) is 23.4 Å². The zero-order valence-corrected chi connectivity index (χ0v) is 18.8. The monoisotopic (exact) mass is 461 g/mol. The molecule has 0 radical (unpaired) electrons. The van der Waals surface area contributed by atoms with Crippen LogP contribution in [0.15, 0.2) is 42.7 Å². The van der Waals surface area contributed by atoms with Crippen molar-refractivity contribution in [2.45, 2.75) is 25.5 Å². The minimum absolute atomic E-state index is 0.0737. The molecule has 9 nitrogen and oxygen atoms in total. The molecule has 34 heavy (non-hydrogen) atoms. The number of morpholine rings is 1. The lowest BCUT2D eigenvalue weighted by Gasteiger charge is -2.46. The zero-order valence-electron chi connectivity index (χ0n) is 18.8. The van der Waals surface area contributed by atoms with Crippen molar-refractivity contribution in [1.29, 1.82) is 5.26 Å². The van der Waals surface area contributed by atoms with Crippen LogP contribution < -0.4 is 0 Å². The van der Waals surface area contributed by atoms with Gasteiger partial charge in [-0.3, -0.25) is 9.69 Å². The first-order valence-corrected chi connectivity index (χ1v) is 11.2. The Kier molecular flexibility index (Phi) is 6.04. The second kappa shape index (κ2) is 9.29. The van der Waals surface area contributed by atoms with Gasteiger partial charge in [-0.15, -0.1) is 5.10 Å². The number of piperazine rings is 1. The normalized spacial score (nSPS) is 20.6. The quantitative estimate of drug-likeness (QED) is 0.584.